The number of nitriles is 1. The zero-order valence-electron chi connectivity index (χ0n) is 16.6. The number of nitrogens with one attached hydrogen (secondary N) is 2. The second kappa shape index (κ2) is 9.29. The van der Waals surface area contributed by atoms with E-state index in [-0.39, 0.29) is 29.8 Å². The summed E-state index contributed by atoms with van der Waals surface area (Å²) < 4.78 is 13.5. The van der Waals surface area contributed by atoms with Crippen molar-refractivity contribution >= 4 is 5.91 Å². The van der Waals surface area contributed by atoms with Crippen molar-refractivity contribution in [3.63, 3.8) is 0 Å². The van der Waals surface area contributed by atoms with Gasteiger partial charge in [0.05, 0.1) is 6.04 Å². The number of aromatic nitrogens is 1. The summed E-state index contributed by atoms with van der Waals surface area (Å²) in [7, 11) is 3.75. The number of H-pyrrole nitrogens is 1. The number of carbonyl (C=O) groups excluding carboxylic acids is 1. The predicted molar refractivity (Wildman–Crippen MR) is 105 cm³/mol. The Kier molecular flexibility index (Phi) is 7.07. The van der Waals surface area contributed by atoms with E-state index in [4.69, 9.17) is 5.26 Å². The Morgan fingerprint density at radius 1 is 1.36 bits per heavy atom. The van der Waals surface area contributed by atoms with E-state index in [0.29, 0.717) is 24.2 Å². The van der Waals surface area contributed by atoms with Gasteiger partial charge in [0.2, 0.25) is 5.91 Å². The molecule has 0 saturated carbocycles. The van der Waals surface area contributed by atoms with Gasteiger partial charge in [0, 0.05) is 18.7 Å². The van der Waals surface area contributed by atoms with Crippen LogP contribution < -0.4 is 10.9 Å². The molecule has 0 aliphatic heterocycles. The van der Waals surface area contributed by atoms with Crippen molar-refractivity contribution in [1.29, 1.82) is 5.26 Å². The number of aryl methyl sites for hydroxylation is 1. The third kappa shape index (κ3) is 5.05. The van der Waals surface area contributed by atoms with Gasteiger partial charge in [-0.3, -0.25) is 9.59 Å². The van der Waals surface area contributed by atoms with Crippen LogP contribution in [0.25, 0.3) is 0 Å². The van der Waals surface area contributed by atoms with E-state index in [0.717, 1.165) is 11.1 Å². The number of pyridine rings is 1. The van der Waals surface area contributed by atoms with Gasteiger partial charge in [-0.1, -0.05) is 12.1 Å². The van der Waals surface area contributed by atoms with Gasteiger partial charge in [0.15, 0.2) is 0 Å². The van der Waals surface area contributed by atoms with Crippen LogP contribution in [0.2, 0.25) is 0 Å². The Labute approximate surface area is 164 Å². The number of aromatic amines is 1. The number of nitrogens with zero attached hydrogens (tertiary/aromatic N) is 2. The fraction of sp³-hybridized carbons (Fsp3) is 0.381. The zero-order valence-corrected chi connectivity index (χ0v) is 16.6. The lowest BCUT2D eigenvalue weighted by atomic mass is 9.99. The van der Waals surface area contributed by atoms with Gasteiger partial charge in [0.25, 0.3) is 5.56 Å². The molecule has 0 unspecified atom stereocenters. The first-order valence-corrected chi connectivity index (χ1v) is 9.05. The SMILES string of the molecule is Cc1[nH]c(=O)c(C#N)c(C)c1CCC(=O)NC[C@H](c1cccc(F)c1)N(C)C. The summed E-state index contributed by atoms with van der Waals surface area (Å²) in [6.45, 7) is 3.83. The maximum absolute atomic E-state index is 13.5. The van der Waals surface area contributed by atoms with Crippen LogP contribution >= 0.6 is 0 Å². The van der Waals surface area contributed by atoms with Crippen LogP contribution in [0.1, 0.15) is 40.4 Å². The van der Waals surface area contributed by atoms with Crippen molar-refractivity contribution in [3.05, 3.63) is 68.4 Å². The molecule has 1 aromatic heterocycles. The standard InChI is InChI=1S/C21H25FN4O2/c1-13-17(14(2)25-21(28)18(13)11-23)8-9-20(27)24-12-19(26(3)4)15-6-5-7-16(22)10-15/h5-7,10,19H,8-9,12H2,1-4H3,(H,24,27)(H,25,28)/t19-/m1/s1. The van der Waals surface area contributed by atoms with Crippen molar-refractivity contribution in [2.45, 2.75) is 32.7 Å². The van der Waals surface area contributed by atoms with E-state index in [1.807, 2.05) is 31.1 Å². The van der Waals surface area contributed by atoms with Crippen LogP contribution in [0.4, 0.5) is 4.39 Å². The lowest BCUT2D eigenvalue weighted by Gasteiger charge is -2.25. The maximum atomic E-state index is 13.5. The highest BCUT2D eigenvalue weighted by atomic mass is 19.1. The number of benzene rings is 1. The lowest BCUT2D eigenvalue weighted by molar-refractivity contribution is -0.121. The molecule has 7 heteroatoms. The van der Waals surface area contributed by atoms with Gasteiger partial charge in [0.1, 0.15) is 17.4 Å². The highest BCUT2D eigenvalue weighted by Crippen LogP contribution is 2.19. The minimum absolute atomic E-state index is 0.0831. The molecule has 1 heterocycles. The molecule has 0 aliphatic rings. The van der Waals surface area contributed by atoms with E-state index in [2.05, 4.69) is 10.3 Å². The molecule has 0 aliphatic carbocycles. The average Bonchev–Trinajstić information content (AvgIpc) is 2.61. The number of rotatable bonds is 7. The van der Waals surface area contributed by atoms with Crippen molar-refractivity contribution in [1.82, 2.24) is 15.2 Å². The zero-order chi connectivity index (χ0) is 20.8. The largest absolute Gasteiger partial charge is 0.354 e. The Morgan fingerprint density at radius 2 is 2.07 bits per heavy atom. The first kappa shape index (κ1) is 21.3. The molecule has 2 rings (SSSR count). The summed E-state index contributed by atoms with van der Waals surface area (Å²) in [4.78, 5) is 28.7. The van der Waals surface area contributed by atoms with Crippen LogP contribution in [-0.4, -0.2) is 36.4 Å². The highest BCUT2D eigenvalue weighted by Gasteiger charge is 2.17. The van der Waals surface area contributed by atoms with E-state index < -0.39 is 5.56 Å². The monoisotopic (exact) mass is 384 g/mol. The molecule has 0 fully saturated rings. The third-order valence-electron chi connectivity index (χ3n) is 4.87. The minimum Gasteiger partial charge on any atom is -0.354 e. The van der Waals surface area contributed by atoms with Crippen LogP contribution in [0, 0.1) is 31.0 Å². The van der Waals surface area contributed by atoms with Crippen LogP contribution in [0.15, 0.2) is 29.1 Å². The molecule has 1 aromatic carbocycles. The van der Waals surface area contributed by atoms with Crippen LogP contribution in [0.5, 0.6) is 0 Å². The van der Waals surface area contributed by atoms with Gasteiger partial charge >= 0.3 is 0 Å². The Bertz CT molecular complexity index is 960. The van der Waals surface area contributed by atoms with Crippen LogP contribution in [-0.2, 0) is 11.2 Å². The van der Waals surface area contributed by atoms with Crippen molar-refractivity contribution in [3.8, 4) is 6.07 Å². The van der Waals surface area contributed by atoms with Gasteiger partial charge in [-0.15, -0.1) is 0 Å². The molecule has 0 bridgehead atoms. The quantitative estimate of drug-likeness (QED) is 0.767. The second-order valence-electron chi connectivity index (χ2n) is 7.01. The van der Waals surface area contributed by atoms with E-state index in [1.165, 1.54) is 12.1 Å². The molecule has 2 aromatic rings. The van der Waals surface area contributed by atoms with Crippen molar-refractivity contribution < 1.29 is 9.18 Å². The number of carbonyl (C=O) groups is 1. The number of likely N-dealkylation sites (N-methyl/N-ethyl adjacent to an activating group) is 1. The maximum Gasteiger partial charge on any atom is 0.266 e. The molecular weight excluding hydrogens is 359 g/mol. The molecule has 0 radical (unpaired) electrons. The summed E-state index contributed by atoms with van der Waals surface area (Å²) >= 11 is 0. The minimum atomic E-state index is -0.408. The molecule has 0 saturated heterocycles. The fourth-order valence-electron chi connectivity index (χ4n) is 3.27. The fourth-order valence-corrected chi connectivity index (χ4v) is 3.27. The Balaban J connectivity index is 2.03. The molecule has 148 valence electrons. The highest BCUT2D eigenvalue weighted by molar-refractivity contribution is 5.76. The number of amides is 1. The summed E-state index contributed by atoms with van der Waals surface area (Å²) in [5, 5.41) is 12.0. The van der Waals surface area contributed by atoms with Crippen molar-refractivity contribution in [2.24, 2.45) is 0 Å². The summed E-state index contributed by atoms with van der Waals surface area (Å²) in [5.41, 5.74) is 2.55. The molecule has 28 heavy (non-hydrogen) atoms. The smallest absolute Gasteiger partial charge is 0.266 e. The van der Waals surface area contributed by atoms with Crippen LogP contribution in [0.3, 0.4) is 0 Å². The lowest BCUT2D eigenvalue weighted by Crippen LogP contribution is -2.34. The van der Waals surface area contributed by atoms with E-state index >= 15 is 0 Å². The topological polar surface area (TPSA) is 89.0 Å². The Hall–Kier alpha value is -2.98. The summed E-state index contributed by atoms with van der Waals surface area (Å²) in [5.74, 6) is -0.459. The average molecular weight is 384 g/mol. The predicted octanol–water partition coefficient (Wildman–Crippen LogP) is 2.35. The Morgan fingerprint density at radius 3 is 2.68 bits per heavy atom. The first-order valence-electron chi connectivity index (χ1n) is 9.05. The number of halogens is 1. The molecule has 1 atom stereocenters. The molecule has 1 amide bonds. The summed E-state index contributed by atoms with van der Waals surface area (Å²) in [6, 6.07) is 8.10. The molecular formula is C21H25FN4O2. The van der Waals surface area contributed by atoms with Crippen molar-refractivity contribution in [2.75, 3.05) is 20.6 Å². The second-order valence-corrected chi connectivity index (χ2v) is 7.01. The van der Waals surface area contributed by atoms with E-state index in [9.17, 15) is 14.0 Å². The van der Waals surface area contributed by atoms with Gasteiger partial charge < -0.3 is 15.2 Å². The summed E-state index contributed by atoms with van der Waals surface area (Å²) in [6.07, 6.45) is 0.642. The molecule has 2 N–H and O–H groups in total. The first-order chi connectivity index (χ1) is 13.2. The number of hydrogen-bond acceptors (Lipinski definition) is 4. The normalized spacial score (nSPS) is 11.9. The van der Waals surface area contributed by atoms with Gasteiger partial charge in [-0.2, -0.15) is 5.26 Å². The number of hydrogen-bond donors (Lipinski definition) is 2. The van der Waals surface area contributed by atoms with Gasteiger partial charge in [-0.05, 0) is 63.2 Å². The molecule has 0 spiro atoms. The third-order valence-corrected chi connectivity index (χ3v) is 4.87. The van der Waals surface area contributed by atoms with E-state index in [1.54, 1.807) is 19.9 Å². The molecule has 6 nitrogen and oxygen atoms in total. The van der Waals surface area contributed by atoms with Gasteiger partial charge in [-0.25, -0.2) is 4.39 Å².